The summed E-state index contributed by atoms with van der Waals surface area (Å²) >= 11 is 0. The Kier molecular flexibility index (Phi) is 4.15. The highest BCUT2D eigenvalue weighted by Gasteiger charge is 2.31. The van der Waals surface area contributed by atoms with Gasteiger partial charge in [0.25, 0.3) is 0 Å². The molecule has 0 atom stereocenters. The highest BCUT2D eigenvalue weighted by atomic mass is 19.4. The Morgan fingerprint density at radius 3 is 2.71 bits per heavy atom. The number of aliphatic hydroxyl groups is 1. The van der Waals surface area contributed by atoms with Crippen LogP contribution in [0.5, 0.6) is 0 Å². The molecule has 0 aliphatic heterocycles. The van der Waals surface area contributed by atoms with Gasteiger partial charge in [0.15, 0.2) is 0 Å². The largest absolute Gasteiger partial charge is 0.416 e. The number of H-pyrrole nitrogens is 1. The fourth-order valence-electron chi connectivity index (χ4n) is 2.49. The number of anilines is 1. The lowest BCUT2D eigenvalue weighted by Gasteiger charge is -2.12. The Hall–Kier alpha value is -2.61. The average Bonchev–Trinajstić information content (AvgIpc) is 2.99. The zero-order chi connectivity index (χ0) is 17.3. The molecule has 3 aromatic heterocycles. The maximum absolute atomic E-state index is 13.1. The average molecular weight is 336 g/mol. The van der Waals surface area contributed by atoms with Gasteiger partial charge in [0, 0.05) is 29.4 Å². The number of halogens is 3. The molecule has 126 valence electrons. The summed E-state index contributed by atoms with van der Waals surface area (Å²) in [6.45, 7) is 1.73. The van der Waals surface area contributed by atoms with Crippen LogP contribution in [-0.4, -0.2) is 33.2 Å². The second-order valence-electron chi connectivity index (χ2n) is 5.33. The van der Waals surface area contributed by atoms with Gasteiger partial charge in [-0.25, -0.2) is 4.98 Å². The Morgan fingerprint density at radius 2 is 2.00 bits per heavy atom. The molecule has 0 aliphatic rings. The van der Waals surface area contributed by atoms with E-state index in [1.165, 1.54) is 6.92 Å². The Balaban J connectivity index is 2.18. The summed E-state index contributed by atoms with van der Waals surface area (Å²) in [6.07, 6.45) is -2.78. The van der Waals surface area contributed by atoms with Crippen LogP contribution in [0.1, 0.15) is 11.3 Å². The maximum Gasteiger partial charge on any atom is 0.416 e. The van der Waals surface area contributed by atoms with Crippen molar-refractivity contribution in [1.29, 1.82) is 0 Å². The highest BCUT2D eigenvalue weighted by Crippen LogP contribution is 2.34. The number of aromatic nitrogens is 3. The number of aliphatic hydroxyl groups excluding tert-OH is 1. The van der Waals surface area contributed by atoms with Gasteiger partial charge in [0.1, 0.15) is 11.5 Å². The third kappa shape index (κ3) is 3.18. The number of nitrogens with one attached hydrogen (secondary N) is 2. The number of nitrogens with zero attached hydrogens (tertiary/aromatic N) is 2. The molecule has 3 rings (SSSR count). The van der Waals surface area contributed by atoms with Gasteiger partial charge >= 0.3 is 6.18 Å². The van der Waals surface area contributed by atoms with E-state index in [1.807, 2.05) is 0 Å². The van der Waals surface area contributed by atoms with E-state index in [0.29, 0.717) is 22.4 Å². The number of hydrogen-bond donors (Lipinski definition) is 3. The first-order valence-corrected chi connectivity index (χ1v) is 7.27. The van der Waals surface area contributed by atoms with Crippen molar-refractivity contribution in [3.63, 3.8) is 0 Å². The number of aromatic amines is 1. The molecule has 3 heterocycles. The SMILES string of the molecule is Cc1cc(C(F)(F)F)cc(-c2cc(NCCO)nc3[nH]ccc23)n1. The minimum absolute atomic E-state index is 0.0826. The first-order valence-electron chi connectivity index (χ1n) is 7.27. The van der Waals surface area contributed by atoms with Crippen molar-refractivity contribution in [2.45, 2.75) is 13.1 Å². The first-order chi connectivity index (χ1) is 11.4. The van der Waals surface area contributed by atoms with E-state index in [-0.39, 0.29) is 24.5 Å². The predicted molar refractivity (Wildman–Crippen MR) is 84.6 cm³/mol. The van der Waals surface area contributed by atoms with Crippen molar-refractivity contribution >= 4 is 16.9 Å². The molecule has 0 aliphatic carbocycles. The molecule has 3 aromatic rings. The smallest absolute Gasteiger partial charge is 0.395 e. The molecular weight excluding hydrogens is 321 g/mol. The summed E-state index contributed by atoms with van der Waals surface area (Å²) in [7, 11) is 0. The summed E-state index contributed by atoms with van der Waals surface area (Å²) in [6, 6.07) is 5.42. The number of aryl methyl sites for hydroxylation is 1. The molecule has 8 heteroatoms. The van der Waals surface area contributed by atoms with Crippen LogP contribution in [0.25, 0.3) is 22.3 Å². The lowest BCUT2D eigenvalue weighted by molar-refractivity contribution is -0.137. The third-order valence-electron chi connectivity index (χ3n) is 3.50. The molecule has 0 saturated carbocycles. The van der Waals surface area contributed by atoms with Gasteiger partial charge in [0.05, 0.1) is 17.9 Å². The lowest BCUT2D eigenvalue weighted by Crippen LogP contribution is -2.08. The van der Waals surface area contributed by atoms with E-state index < -0.39 is 11.7 Å². The van der Waals surface area contributed by atoms with Crippen molar-refractivity contribution in [1.82, 2.24) is 15.0 Å². The molecule has 0 saturated heterocycles. The molecule has 3 N–H and O–H groups in total. The lowest BCUT2D eigenvalue weighted by atomic mass is 10.1. The van der Waals surface area contributed by atoms with Crippen LogP contribution >= 0.6 is 0 Å². The van der Waals surface area contributed by atoms with Crippen LogP contribution in [0.2, 0.25) is 0 Å². The van der Waals surface area contributed by atoms with Crippen LogP contribution in [0, 0.1) is 6.92 Å². The molecule has 0 unspecified atom stereocenters. The Bertz CT molecular complexity index is 873. The van der Waals surface area contributed by atoms with E-state index in [9.17, 15) is 13.2 Å². The van der Waals surface area contributed by atoms with Crippen LogP contribution < -0.4 is 5.32 Å². The van der Waals surface area contributed by atoms with Crippen LogP contribution in [0.15, 0.2) is 30.5 Å². The summed E-state index contributed by atoms with van der Waals surface area (Å²) in [4.78, 5) is 11.5. The highest BCUT2D eigenvalue weighted by molar-refractivity contribution is 5.93. The van der Waals surface area contributed by atoms with Crippen molar-refractivity contribution in [3.05, 3.63) is 41.7 Å². The van der Waals surface area contributed by atoms with E-state index >= 15 is 0 Å². The standard InChI is InChI=1S/C16H15F3N4O/c1-9-6-10(16(17,18)19)7-13(22-9)12-8-14(20-4-5-24)23-15-11(12)2-3-21-15/h2-3,6-8,24H,4-5H2,1H3,(H2,20,21,23). The third-order valence-corrected chi connectivity index (χ3v) is 3.50. The van der Waals surface area contributed by atoms with E-state index in [0.717, 1.165) is 12.1 Å². The van der Waals surface area contributed by atoms with Gasteiger partial charge in [-0.1, -0.05) is 0 Å². The summed E-state index contributed by atoms with van der Waals surface area (Å²) in [5.41, 5.74) is 0.836. The minimum Gasteiger partial charge on any atom is -0.395 e. The van der Waals surface area contributed by atoms with Crippen molar-refractivity contribution in [2.24, 2.45) is 0 Å². The second kappa shape index (κ2) is 6.12. The maximum atomic E-state index is 13.1. The minimum atomic E-state index is -4.44. The van der Waals surface area contributed by atoms with Crippen LogP contribution in [0.3, 0.4) is 0 Å². The van der Waals surface area contributed by atoms with E-state index in [4.69, 9.17) is 5.11 Å². The van der Waals surface area contributed by atoms with Gasteiger partial charge in [-0.05, 0) is 31.2 Å². The zero-order valence-corrected chi connectivity index (χ0v) is 12.8. The summed E-state index contributed by atoms with van der Waals surface area (Å²) < 4.78 is 39.2. The fourth-order valence-corrected chi connectivity index (χ4v) is 2.49. The topological polar surface area (TPSA) is 73.8 Å². The Morgan fingerprint density at radius 1 is 1.21 bits per heavy atom. The predicted octanol–water partition coefficient (Wildman–Crippen LogP) is 3.36. The molecular formula is C16H15F3N4O. The monoisotopic (exact) mass is 336 g/mol. The Labute approximate surface area is 135 Å². The number of pyridine rings is 2. The van der Waals surface area contributed by atoms with Crippen LogP contribution in [0.4, 0.5) is 19.0 Å². The normalized spacial score (nSPS) is 11.9. The molecule has 5 nitrogen and oxygen atoms in total. The number of alkyl halides is 3. The number of fused-ring (bicyclic) bond motifs is 1. The van der Waals surface area contributed by atoms with Gasteiger partial charge < -0.3 is 15.4 Å². The quantitative estimate of drug-likeness (QED) is 0.683. The molecule has 0 fully saturated rings. The molecule has 0 aromatic carbocycles. The van der Waals surface area contributed by atoms with Crippen molar-refractivity contribution < 1.29 is 18.3 Å². The first kappa shape index (κ1) is 16.3. The molecule has 24 heavy (non-hydrogen) atoms. The number of hydrogen-bond acceptors (Lipinski definition) is 4. The molecule has 0 bridgehead atoms. The fraction of sp³-hybridized carbons (Fsp3) is 0.250. The van der Waals surface area contributed by atoms with Gasteiger partial charge in [-0.3, -0.25) is 4.98 Å². The summed E-state index contributed by atoms with van der Waals surface area (Å²) in [5.74, 6) is 0.450. The second-order valence-corrected chi connectivity index (χ2v) is 5.33. The molecule has 0 spiro atoms. The van der Waals surface area contributed by atoms with E-state index in [1.54, 1.807) is 18.3 Å². The molecule has 0 amide bonds. The zero-order valence-electron chi connectivity index (χ0n) is 12.8. The molecule has 0 radical (unpaired) electrons. The van der Waals surface area contributed by atoms with Crippen molar-refractivity contribution in [2.75, 3.05) is 18.5 Å². The van der Waals surface area contributed by atoms with Crippen molar-refractivity contribution in [3.8, 4) is 11.3 Å². The van der Waals surface area contributed by atoms with Gasteiger partial charge in [-0.2, -0.15) is 13.2 Å². The number of rotatable bonds is 4. The van der Waals surface area contributed by atoms with Gasteiger partial charge in [0.2, 0.25) is 0 Å². The summed E-state index contributed by atoms with van der Waals surface area (Å²) in [5, 5.41) is 12.5. The van der Waals surface area contributed by atoms with Crippen LogP contribution in [-0.2, 0) is 6.18 Å². The van der Waals surface area contributed by atoms with Gasteiger partial charge in [-0.15, -0.1) is 0 Å². The van der Waals surface area contributed by atoms with E-state index in [2.05, 4.69) is 20.3 Å².